The molecule has 0 heterocycles. The molecule has 0 aliphatic heterocycles. The first-order valence-corrected chi connectivity index (χ1v) is 4.44. The van der Waals surface area contributed by atoms with Crippen molar-refractivity contribution >= 4 is 11.8 Å². The number of esters is 1. The van der Waals surface area contributed by atoms with Gasteiger partial charge in [-0.1, -0.05) is 13.3 Å². The Bertz CT molecular complexity index is 209. The molecule has 0 amide bonds. The highest BCUT2D eigenvalue weighted by Gasteiger charge is 2.33. The second-order valence-corrected chi connectivity index (χ2v) is 3.06. The van der Waals surface area contributed by atoms with Crippen LogP contribution >= 0.6 is 0 Å². The average molecular weight is 208 g/mol. The molecule has 0 N–H and O–H groups in total. The van der Waals surface area contributed by atoms with Gasteiger partial charge in [-0.2, -0.15) is 8.78 Å². The normalized spacial score (nSPS) is 11.1. The van der Waals surface area contributed by atoms with Gasteiger partial charge in [-0.15, -0.1) is 0 Å². The molecule has 0 atom stereocenters. The molecule has 0 aromatic rings. The van der Waals surface area contributed by atoms with Gasteiger partial charge in [-0.05, 0) is 6.42 Å². The predicted molar refractivity (Wildman–Crippen MR) is 46.1 cm³/mol. The number of carbonyl (C=O) groups is 2. The quantitative estimate of drug-likeness (QED) is 0.380. The minimum atomic E-state index is -3.45. The fourth-order valence-corrected chi connectivity index (χ4v) is 0.668. The lowest BCUT2D eigenvalue weighted by atomic mass is 10.2. The van der Waals surface area contributed by atoms with Crippen molar-refractivity contribution in [2.75, 3.05) is 6.61 Å². The maximum Gasteiger partial charge on any atom is 0.313 e. The monoisotopic (exact) mass is 208 g/mol. The van der Waals surface area contributed by atoms with Crippen LogP contribution in [0.4, 0.5) is 8.78 Å². The molecule has 14 heavy (non-hydrogen) atoms. The van der Waals surface area contributed by atoms with E-state index in [4.69, 9.17) is 0 Å². The van der Waals surface area contributed by atoms with Gasteiger partial charge < -0.3 is 4.74 Å². The Kier molecular flexibility index (Phi) is 5.27. The second kappa shape index (κ2) is 5.67. The number of ether oxygens (including phenoxy) is 1. The summed E-state index contributed by atoms with van der Waals surface area (Å²) in [5.41, 5.74) is 0. The van der Waals surface area contributed by atoms with Crippen molar-refractivity contribution in [3.8, 4) is 0 Å². The summed E-state index contributed by atoms with van der Waals surface area (Å²) in [4.78, 5) is 21.5. The summed E-state index contributed by atoms with van der Waals surface area (Å²) in [6.45, 7) is 2.55. The number of hydrogen-bond acceptors (Lipinski definition) is 3. The first-order valence-electron chi connectivity index (χ1n) is 4.44. The Balaban J connectivity index is 3.78. The van der Waals surface area contributed by atoms with E-state index in [1.54, 1.807) is 0 Å². The minimum absolute atomic E-state index is 0.178. The van der Waals surface area contributed by atoms with Crippen LogP contribution in [0, 0.1) is 0 Å². The molecule has 5 heteroatoms. The summed E-state index contributed by atoms with van der Waals surface area (Å²) in [6.07, 6.45) is 0.654. The van der Waals surface area contributed by atoms with Crippen molar-refractivity contribution in [1.82, 2.24) is 0 Å². The molecule has 0 aromatic heterocycles. The van der Waals surface area contributed by atoms with Gasteiger partial charge in [0.1, 0.15) is 6.42 Å². The van der Waals surface area contributed by atoms with Crippen LogP contribution in [-0.2, 0) is 14.3 Å². The van der Waals surface area contributed by atoms with Crippen LogP contribution in [-0.4, -0.2) is 24.3 Å². The Labute approximate surface area is 81.4 Å². The number of alkyl halides is 2. The van der Waals surface area contributed by atoms with Gasteiger partial charge >= 0.3 is 11.9 Å². The highest BCUT2D eigenvalue weighted by atomic mass is 19.3. The number of carbonyl (C=O) groups excluding carboxylic acids is 2. The SMILES string of the molecule is CCCCOC(=O)CC(=O)C(C)(F)F. The maximum absolute atomic E-state index is 12.3. The number of halogens is 2. The molecule has 0 saturated carbocycles. The van der Waals surface area contributed by atoms with Gasteiger partial charge in [-0.3, -0.25) is 9.59 Å². The second-order valence-electron chi connectivity index (χ2n) is 3.06. The summed E-state index contributed by atoms with van der Waals surface area (Å²) < 4.78 is 29.2. The average Bonchev–Trinajstić information content (AvgIpc) is 2.03. The summed E-state index contributed by atoms with van der Waals surface area (Å²) in [5.74, 6) is -5.74. The standard InChI is InChI=1S/C9H14F2O3/c1-3-4-5-14-8(13)6-7(12)9(2,10)11/h3-6H2,1-2H3. The lowest BCUT2D eigenvalue weighted by molar-refractivity contribution is -0.153. The van der Waals surface area contributed by atoms with Gasteiger partial charge in [0, 0.05) is 6.92 Å². The van der Waals surface area contributed by atoms with Crippen LogP contribution < -0.4 is 0 Å². The van der Waals surface area contributed by atoms with E-state index >= 15 is 0 Å². The first-order chi connectivity index (χ1) is 6.38. The fourth-order valence-electron chi connectivity index (χ4n) is 0.668. The van der Waals surface area contributed by atoms with E-state index in [1.165, 1.54) is 0 Å². The Morgan fingerprint density at radius 2 is 1.93 bits per heavy atom. The predicted octanol–water partition coefficient (Wildman–Crippen LogP) is 1.94. The molecule has 0 spiro atoms. The van der Waals surface area contributed by atoms with Crippen LogP contribution in [0.2, 0.25) is 0 Å². The zero-order valence-corrected chi connectivity index (χ0v) is 8.31. The molecular weight excluding hydrogens is 194 g/mol. The van der Waals surface area contributed by atoms with Gasteiger partial charge in [0.15, 0.2) is 0 Å². The molecular formula is C9H14F2O3. The van der Waals surface area contributed by atoms with Crippen molar-refractivity contribution < 1.29 is 23.1 Å². The van der Waals surface area contributed by atoms with Gasteiger partial charge in [0.2, 0.25) is 5.78 Å². The zero-order chi connectivity index (χ0) is 11.2. The molecule has 0 aromatic carbocycles. The van der Waals surface area contributed by atoms with E-state index in [1.807, 2.05) is 6.92 Å². The molecule has 0 radical (unpaired) electrons. The van der Waals surface area contributed by atoms with E-state index in [0.717, 1.165) is 6.42 Å². The van der Waals surface area contributed by atoms with E-state index in [0.29, 0.717) is 13.3 Å². The van der Waals surface area contributed by atoms with E-state index in [-0.39, 0.29) is 6.61 Å². The number of ketones is 1. The number of rotatable bonds is 6. The third kappa shape index (κ3) is 5.61. The molecule has 0 aliphatic carbocycles. The van der Waals surface area contributed by atoms with Crippen molar-refractivity contribution in [2.24, 2.45) is 0 Å². The summed E-state index contributed by atoms with van der Waals surface area (Å²) >= 11 is 0. The van der Waals surface area contributed by atoms with Crippen molar-refractivity contribution in [2.45, 2.75) is 39.0 Å². The van der Waals surface area contributed by atoms with Gasteiger partial charge in [0.25, 0.3) is 0 Å². The largest absolute Gasteiger partial charge is 0.465 e. The number of unbranched alkanes of at least 4 members (excludes halogenated alkanes) is 1. The molecule has 0 unspecified atom stereocenters. The van der Waals surface area contributed by atoms with Crippen molar-refractivity contribution in [3.63, 3.8) is 0 Å². The van der Waals surface area contributed by atoms with E-state index in [2.05, 4.69) is 4.74 Å². The molecule has 0 aliphatic rings. The number of Topliss-reactive ketones (excluding diaryl/α,β-unsaturated/α-hetero) is 1. The Hall–Kier alpha value is -1.00. The Morgan fingerprint density at radius 3 is 2.36 bits per heavy atom. The topological polar surface area (TPSA) is 43.4 Å². The van der Waals surface area contributed by atoms with Gasteiger partial charge in [0.05, 0.1) is 6.61 Å². The third-order valence-corrected chi connectivity index (χ3v) is 1.56. The van der Waals surface area contributed by atoms with Crippen LogP contribution in [0.25, 0.3) is 0 Å². The van der Waals surface area contributed by atoms with Crippen LogP contribution in [0.3, 0.4) is 0 Å². The van der Waals surface area contributed by atoms with Crippen LogP contribution in [0.1, 0.15) is 33.1 Å². The van der Waals surface area contributed by atoms with Crippen molar-refractivity contribution in [3.05, 3.63) is 0 Å². The molecule has 0 saturated heterocycles. The zero-order valence-electron chi connectivity index (χ0n) is 8.31. The Morgan fingerprint density at radius 1 is 1.36 bits per heavy atom. The summed E-state index contributed by atoms with van der Waals surface area (Å²) in [6, 6.07) is 0. The number of hydrogen-bond donors (Lipinski definition) is 0. The third-order valence-electron chi connectivity index (χ3n) is 1.56. The van der Waals surface area contributed by atoms with Gasteiger partial charge in [-0.25, -0.2) is 0 Å². The molecule has 0 fully saturated rings. The summed E-state index contributed by atoms with van der Waals surface area (Å²) in [5, 5.41) is 0. The van der Waals surface area contributed by atoms with Crippen LogP contribution in [0.15, 0.2) is 0 Å². The van der Waals surface area contributed by atoms with Crippen molar-refractivity contribution in [1.29, 1.82) is 0 Å². The minimum Gasteiger partial charge on any atom is -0.465 e. The van der Waals surface area contributed by atoms with E-state index in [9.17, 15) is 18.4 Å². The first kappa shape index (κ1) is 13.0. The fraction of sp³-hybridized carbons (Fsp3) is 0.778. The lowest BCUT2D eigenvalue weighted by Crippen LogP contribution is -2.27. The van der Waals surface area contributed by atoms with E-state index < -0.39 is 24.1 Å². The van der Waals surface area contributed by atoms with Crippen LogP contribution in [0.5, 0.6) is 0 Å². The highest BCUT2D eigenvalue weighted by Crippen LogP contribution is 2.15. The molecule has 3 nitrogen and oxygen atoms in total. The maximum atomic E-state index is 12.3. The summed E-state index contributed by atoms with van der Waals surface area (Å²) in [7, 11) is 0. The molecule has 82 valence electrons. The molecule has 0 rings (SSSR count). The highest BCUT2D eigenvalue weighted by molar-refractivity contribution is 5.99. The molecule has 0 bridgehead atoms. The smallest absolute Gasteiger partial charge is 0.313 e. The lowest BCUT2D eigenvalue weighted by Gasteiger charge is -2.08.